The molecular formula is C19H36O8. The Morgan fingerprint density at radius 3 is 2.44 bits per heavy atom. The lowest BCUT2D eigenvalue weighted by atomic mass is 9.97. The molecule has 1 fully saturated rings. The molecule has 0 saturated carbocycles. The molecule has 1 rings (SSSR count). The summed E-state index contributed by atoms with van der Waals surface area (Å²) in [6.45, 7) is 10.8. The van der Waals surface area contributed by atoms with E-state index in [9.17, 15) is 10.2 Å². The summed E-state index contributed by atoms with van der Waals surface area (Å²) < 4.78 is 33.7. The second-order valence-electron chi connectivity index (χ2n) is 6.98. The van der Waals surface area contributed by atoms with Crippen LogP contribution in [0.25, 0.3) is 0 Å². The molecule has 5 unspecified atom stereocenters. The van der Waals surface area contributed by atoms with E-state index in [-0.39, 0.29) is 44.6 Å². The van der Waals surface area contributed by atoms with Crippen molar-refractivity contribution in [3.8, 4) is 0 Å². The monoisotopic (exact) mass is 392 g/mol. The Hall–Kier alpha value is -0.580. The van der Waals surface area contributed by atoms with Crippen molar-refractivity contribution in [1.82, 2.24) is 0 Å². The quantitative estimate of drug-likeness (QED) is 0.330. The second kappa shape index (κ2) is 13.6. The molecule has 27 heavy (non-hydrogen) atoms. The van der Waals surface area contributed by atoms with Gasteiger partial charge >= 0.3 is 0 Å². The van der Waals surface area contributed by atoms with Crippen LogP contribution in [-0.4, -0.2) is 93.8 Å². The van der Waals surface area contributed by atoms with Crippen molar-refractivity contribution < 1.29 is 38.6 Å². The van der Waals surface area contributed by atoms with E-state index in [1.54, 1.807) is 20.1 Å². The van der Waals surface area contributed by atoms with E-state index in [2.05, 4.69) is 6.58 Å². The minimum atomic E-state index is -0.709. The minimum Gasteiger partial charge on any atom is -0.391 e. The smallest absolute Gasteiger partial charge is 0.185 e. The highest BCUT2D eigenvalue weighted by atomic mass is 16.7. The van der Waals surface area contributed by atoms with Gasteiger partial charge in [-0.15, -0.1) is 6.58 Å². The summed E-state index contributed by atoms with van der Waals surface area (Å²) in [5.41, 5.74) is 0. The highest BCUT2D eigenvalue weighted by Gasteiger charge is 2.41. The lowest BCUT2D eigenvalue weighted by Gasteiger charge is -2.41. The molecule has 0 aliphatic carbocycles. The Labute approximate surface area is 162 Å². The molecule has 0 aromatic rings. The molecule has 0 amide bonds. The van der Waals surface area contributed by atoms with Gasteiger partial charge in [0.25, 0.3) is 0 Å². The van der Waals surface area contributed by atoms with Crippen molar-refractivity contribution in [2.24, 2.45) is 5.92 Å². The van der Waals surface area contributed by atoms with E-state index in [1.807, 2.05) is 13.8 Å². The average Bonchev–Trinajstić information content (AvgIpc) is 2.63. The van der Waals surface area contributed by atoms with Gasteiger partial charge in [0.05, 0.1) is 58.0 Å². The van der Waals surface area contributed by atoms with E-state index in [0.29, 0.717) is 13.2 Å². The van der Waals surface area contributed by atoms with E-state index in [0.717, 1.165) is 0 Å². The molecule has 2 N–H and O–H groups in total. The number of hydrogen-bond donors (Lipinski definition) is 2. The van der Waals surface area contributed by atoms with Crippen molar-refractivity contribution in [1.29, 1.82) is 0 Å². The highest BCUT2D eigenvalue weighted by Crippen LogP contribution is 2.26. The fourth-order valence-corrected chi connectivity index (χ4v) is 2.71. The van der Waals surface area contributed by atoms with Gasteiger partial charge in [-0.3, -0.25) is 0 Å². The minimum absolute atomic E-state index is 0.0974. The molecule has 0 aromatic carbocycles. The third-order valence-electron chi connectivity index (χ3n) is 4.08. The zero-order valence-corrected chi connectivity index (χ0v) is 16.9. The van der Waals surface area contributed by atoms with Gasteiger partial charge in [0.15, 0.2) is 6.29 Å². The van der Waals surface area contributed by atoms with Crippen LogP contribution in [0.15, 0.2) is 12.7 Å². The first-order valence-corrected chi connectivity index (χ1v) is 9.42. The molecule has 1 heterocycles. The Morgan fingerprint density at radius 2 is 1.81 bits per heavy atom. The molecule has 7 atom stereocenters. The predicted molar refractivity (Wildman–Crippen MR) is 99.5 cm³/mol. The average molecular weight is 392 g/mol. The summed E-state index contributed by atoms with van der Waals surface area (Å²) in [5, 5.41) is 19.3. The van der Waals surface area contributed by atoms with Gasteiger partial charge in [-0.05, 0) is 13.8 Å². The third kappa shape index (κ3) is 9.45. The van der Waals surface area contributed by atoms with Gasteiger partial charge in [0.1, 0.15) is 12.2 Å². The highest BCUT2D eigenvalue weighted by molar-refractivity contribution is 4.84. The normalized spacial score (nSPS) is 29.3. The maximum Gasteiger partial charge on any atom is 0.185 e. The summed E-state index contributed by atoms with van der Waals surface area (Å²) in [6.07, 6.45) is -1.14. The van der Waals surface area contributed by atoms with Crippen LogP contribution in [-0.2, 0) is 28.4 Å². The number of methoxy groups -OCH3 is 1. The topological polar surface area (TPSA) is 95.8 Å². The van der Waals surface area contributed by atoms with E-state index in [1.165, 1.54) is 0 Å². The summed E-state index contributed by atoms with van der Waals surface area (Å²) in [6, 6.07) is 0. The van der Waals surface area contributed by atoms with Gasteiger partial charge in [-0.1, -0.05) is 13.0 Å². The first-order chi connectivity index (χ1) is 12.9. The van der Waals surface area contributed by atoms with E-state index in [4.69, 9.17) is 28.4 Å². The van der Waals surface area contributed by atoms with Gasteiger partial charge < -0.3 is 38.6 Å². The Morgan fingerprint density at radius 1 is 1.11 bits per heavy atom. The largest absolute Gasteiger partial charge is 0.391 e. The van der Waals surface area contributed by atoms with Crippen molar-refractivity contribution in [2.75, 3.05) is 46.8 Å². The molecular weight excluding hydrogens is 356 g/mol. The van der Waals surface area contributed by atoms with E-state index < -0.39 is 24.6 Å². The number of aliphatic hydroxyl groups excluding tert-OH is 2. The SMILES string of the molecule is C=CCOCC(O)COC(C)COC1[C@H](OC)OCC(C)[C@H]1OCC(C)O. The van der Waals surface area contributed by atoms with Crippen molar-refractivity contribution in [2.45, 2.75) is 57.6 Å². The van der Waals surface area contributed by atoms with Gasteiger partial charge in [-0.25, -0.2) is 0 Å². The van der Waals surface area contributed by atoms with Crippen LogP contribution in [0.3, 0.4) is 0 Å². The summed E-state index contributed by atoms with van der Waals surface area (Å²) in [4.78, 5) is 0. The fourth-order valence-electron chi connectivity index (χ4n) is 2.71. The molecule has 160 valence electrons. The maximum atomic E-state index is 9.81. The molecule has 0 radical (unpaired) electrons. The fraction of sp³-hybridized carbons (Fsp3) is 0.895. The van der Waals surface area contributed by atoms with Crippen LogP contribution in [0.4, 0.5) is 0 Å². The Balaban J connectivity index is 2.46. The second-order valence-corrected chi connectivity index (χ2v) is 6.98. The molecule has 0 spiro atoms. The van der Waals surface area contributed by atoms with Gasteiger partial charge in [0, 0.05) is 13.0 Å². The van der Waals surface area contributed by atoms with Gasteiger partial charge in [-0.2, -0.15) is 0 Å². The zero-order valence-electron chi connectivity index (χ0n) is 16.9. The van der Waals surface area contributed by atoms with Gasteiger partial charge in [0.2, 0.25) is 0 Å². The van der Waals surface area contributed by atoms with Crippen molar-refractivity contribution in [3.63, 3.8) is 0 Å². The number of aliphatic hydroxyl groups is 2. The maximum absolute atomic E-state index is 9.81. The molecule has 0 bridgehead atoms. The zero-order chi connectivity index (χ0) is 20.2. The van der Waals surface area contributed by atoms with Crippen LogP contribution < -0.4 is 0 Å². The van der Waals surface area contributed by atoms with Crippen LogP contribution >= 0.6 is 0 Å². The van der Waals surface area contributed by atoms with Crippen LogP contribution in [0.2, 0.25) is 0 Å². The first-order valence-electron chi connectivity index (χ1n) is 9.42. The van der Waals surface area contributed by atoms with E-state index >= 15 is 0 Å². The third-order valence-corrected chi connectivity index (χ3v) is 4.08. The predicted octanol–water partition coefficient (Wildman–Crippen LogP) is 0.745. The first kappa shape index (κ1) is 24.5. The van der Waals surface area contributed by atoms with Crippen molar-refractivity contribution >= 4 is 0 Å². The van der Waals surface area contributed by atoms with Crippen LogP contribution in [0.1, 0.15) is 20.8 Å². The lowest BCUT2D eigenvalue weighted by molar-refractivity contribution is -0.275. The molecule has 1 aliphatic heterocycles. The Kier molecular flexibility index (Phi) is 12.3. The standard InChI is InChI=1S/C19H36O8/c1-6-7-23-11-16(21)12-24-15(4)10-26-18-17(25-9-14(3)20)13(2)8-27-19(18)22-5/h6,13-21H,1,7-12H2,2-5H3/t13?,14?,15?,16?,17-,18?,19-/m1/s1. The molecule has 1 aliphatic rings. The lowest BCUT2D eigenvalue weighted by Crippen LogP contribution is -2.53. The molecule has 0 aromatic heterocycles. The summed E-state index contributed by atoms with van der Waals surface area (Å²) in [5.74, 6) is 0.0974. The summed E-state index contributed by atoms with van der Waals surface area (Å²) in [7, 11) is 1.56. The number of hydrogen-bond acceptors (Lipinski definition) is 8. The molecule has 8 heteroatoms. The summed E-state index contributed by atoms with van der Waals surface area (Å²) >= 11 is 0. The number of rotatable bonds is 14. The Bertz CT molecular complexity index is 392. The van der Waals surface area contributed by atoms with Crippen LogP contribution in [0, 0.1) is 5.92 Å². The molecule has 1 saturated heterocycles. The van der Waals surface area contributed by atoms with Crippen molar-refractivity contribution in [3.05, 3.63) is 12.7 Å². The number of ether oxygens (including phenoxy) is 6. The molecule has 8 nitrogen and oxygen atoms in total. The van der Waals surface area contributed by atoms with Crippen LogP contribution in [0.5, 0.6) is 0 Å².